The Bertz CT molecular complexity index is 1020. The summed E-state index contributed by atoms with van der Waals surface area (Å²) in [5, 5.41) is 23.8. The van der Waals surface area contributed by atoms with Crippen LogP contribution in [-0.2, 0) is 15.6 Å². The van der Waals surface area contributed by atoms with Gasteiger partial charge in [0.1, 0.15) is 17.4 Å². The van der Waals surface area contributed by atoms with Crippen molar-refractivity contribution in [2.45, 2.75) is 52.4 Å². The Morgan fingerprint density at radius 3 is 1.97 bits per heavy atom. The monoisotopic (exact) mass is 444 g/mol. The molecule has 4 nitrogen and oxygen atoms in total. The van der Waals surface area contributed by atoms with E-state index in [1.165, 1.54) is 12.1 Å². The quantitative estimate of drug-likeness (QED) is 0.401. The first kappa shape index (κ1) is 23.8. The van der Waals surface area contributed by atoms with Crippen LogP contribution in [0.5, 0.6) is 5.75 Å². The molecule has 2 aromatic rings. The molecule has 0 saturated heterocycles. The third-order valence-corrected chi connectivity index (χ3v) is 5.34. The fourth-order valence-corrected chi connectivity index (χ4v) is 3.27. The smallest absolute Gasteiger partial charge is 0.266 e. The molecule has 0 bridgehead atoms. The summed E-state index contributed by atoms with van der Waals surface area (Å²) in [6, 6.07) is 10.3. The van der Waals surface area contributed by atoms with Crippen molar-refractivity contribution in [2.75, 3.05) is 5.32 Å². The van der Waals surface area contributed by atoms with Crippen LogP contribution in [0.2, 0.25) is 10.0 Å². The summed E-state index contributed by atoms with van der Waals surface area (Å²) in [6.45, 7) is 12.0. The van der Waals surface area contributed by atoms with Crippen molar-refractivity contribution in [3.8, 4) is 11.8 Å². The Morgan fingerprint density at radius 1 is 1.00 bits per heavy atom. The van der Waals surface area contributed by atoms with Crippen molar-refractivity contribution >= 4 is 40.9 Å². The van der Waals surface area contributed by atoms with Gasteiger partial charge in [-0.3, -0.25) is 4.79 Å². The normalized spacial score (nSPS) is 12.4. The van der Waals surface area contributed by atoms with Gasteiger partial charge in [-0.1, -0.05) is 64.7 Å². The molecule has 0 aromatic heterocycles. The van der Waals surface area contributed by atoms with Gasteiger partial charge in [0.15, 0.2) is 0 Å². The first-order valence-corrected chi connectivity index (χ1v) is 10.3. The summed E-state index contributed by atoms with van der Waals surface area (Å²) >= 11 is 11.9. The van der Waals surface area contributed by atoms with E-state index in [4.69, 9.17) is 23.2 Å². The summed E-state index contributed by atoms with van der Waals surface area (Å²) in [4.78, 5) is 12.6. The van der Waals surface area contributed by atoms with E-state index in [0.717, 1.165) is 11.1 Å². The number of aromatic hydroxyl groups is 1. The van der Waals surface area contributed by atoms with Crippen molar-refractivity contribution in [1.29, 1.82) is 5.26 Å². The van der Waals surface area contributed by atoms with Gasteiger partial charge in [0, 0.05) is 16.8 Å². The molecule has 0 atom stereocenters. The average Bonchev–Trinajstić information content (AvgIpc) is 2.61. The largest absolute Gasteiger partial charge is 0.507 e. The highest BCUT2D eigenvalue weighted by molar-refractivity contribution is 6.42. The van der Waals surface area contributed by atoms with Gasteiger partial charge in [0.05, 0.1) is 10.0 Å². The molecule has 158 valence electrons. The molecule has 30 heavy (non-hydrogen) atoms. The van der Waals surface area contributed by atoms with Crippen LogP contribution in [-0.4, -0.2) is 11.0 Å². The number of nitrogens with one attached hydrogen (secondary N) is 1. The van der Waals surface area contributed by atoms with E-state index in [-0.39, 0.29) is 22.2 Å². The SMILES string of the molecule is CC(C)(C)c1cc(/C=C(/C#N)C(=O)Nc2ccc(Cl)c(Cl)c2)cc(C(C)(C)C)c1O. The minimum absolute atomic E-state index is 0.0634. The van der Waals surface area contributed by atoms with Crippen LogP contribution in [0.15, 0.2) is 35.9 Å². The van der Waals surface area contributed by atoms with Crippen LogP contribution in [0.25, 0.3) is 6.08 Å². The summed E-state index contributed by atoms with van der Waals surface area (Å²) in [5.41, 5.74) is 1.92. The van der Waals surface area contributed by atoms with Crippen LogP contribution in [0, 0.1) is 11.3 Å². The Balaban J connectivity index is 2.51. The molecule has 0 aliphatic rings. The fraction of sp³-hybridized carbons (Fsp3) is 0.333. The Labute approximate surface area is 188 Å². The number of amides is 1. The molecule has 0 fully saturated rings. The number of hydrogen-bond donors (Lipinski definition) is 2. The van der Waals surface area contributed by atoms with E-state index < -0.39 is 5.91 Å². The number of benzene rings is 2. The lowest BCUT2D eigenvalue weighted by Gasteiger charge is -2.28. The predicted octanol–water partition coefficient (Wildman–Crippen LogP) is 6.84. The zero-order valence-corrected chi connectivity index (χ0v) is 19.5. The van der Waals surface area contributed by atoms with E-state index >= 15 is 0 Å². The summed E-state index contributed by atoms with van der Waals surface area (Å²) in [7, 11) is 0. The molecular weight excluding hydrogens is 419 g/mol. The van der Waals surface area contributed by atoms with Crippen molar-refractivity contribution in [1.82, 2.24) is 0 Å². The highest BCUT2D eigenvalue weighted by Gasteiger charge is 2.26. The maximum Gasteiger partial charge on any atom is 0.266 e. The van der Waals surface area contributed by atoms with E-state index in [1.54, 1.807) is 12.1 Å². The van der Waals surface area contributed by atoms with Crippen LogP contribution < -0.4 is 5.32 Å². The summed E-state index contributed by atoms with van der Waals surface area (Å²) in [6.07, 6.45) is 1.52. The molecular formula is C24H26Cl2N2O2. The van der Waals surface area contributed by atoms with Crippen LogP contribution >= 0.6 is 23.2 Å². The zero-order valence-electron chi connectivity index (χ0n) is 18.0. The number of rotatable bonds is 3. The Morgan fingerprint density at radius 2 is 1.53 bits per heavy atom. The van der Waals surface area contributed by atoms with Gasteiger partial charge in [-0.25, -0.2) is 0 Å². The van der Waals surface area contributed by atoms with Gasteiger partial charge >= 0.3 is 0 Å². The van der Waals surface area contributed by atoms with Gasteiger partial charge < -0.3 is 10.4 Å². The van der Waals surface area contributed by atoms with Gasteiger partial charge in [-0.2, -0.15) is 5.26 Å². The van der Waals surface area contributed by atoms with Crippen molar-refractivity contribution in [2.24, 2.45) is 0 Å². The van der Waals surface area contributed by atoms with Gasteiger partial charge in [0.25, 0.3) is 5.91 Å². The number of phenols is 1. The average molecular weight is 445 g/mol. The van der Waals surface area contributed by atoms with E-state index in [0.29, 0.717) is 21.3 Å². The first-order chi connectivity index (χ1) is 13.7. The predicted molar refractivity (Wildman–Crippen MR) is 124 cm³/mol. The molecule has 0 unspecified atom stereocenters. The topological polar surface area (TPSA) is 73.1 Å². The number of halogens is 2. The number of phenolic OH excluding ortho intramolecular Hbond substituents is 1. The number of anilines is 1. The van der Waals surface area contributed by atoms with Crippen LogP contribution in [0.4, 0.5) is 5.69 Å². The lowest BCUT2D eigenvalue weighted by atomic mass is 9.78. The number of carbonyl (C=O) groups excluding carboxylic acids is 1. The zero-order chi connectivity index (χ0) is 22.9. The minimum Gasteiger partial charge on any atom is -0.507 e. The van der Waals surface area contributed by atoms with Crippen molar-refractivity contribution < 1.29 is 9.90 Å². The van der Waals surface area contributed by atoms with E-state index in [9.17, 15) is 15.2 Å². The number of nitriles is 1. The lowest BCUT2D eigenvalue weighted by molar-refractivity contribution is -0.112. The fourth-order valence-electron chi connectivity index (χ4n) is 2.97. The minimum atomic E-state index is -0.557. The molecule has 0 radical (unpaired) electrons. The number of hydrogen-bond acceptors (Lipinski definition) is 3. The van der Waals surface area contributed by atoms with Crippen molar-refractivity contribution in [3.05, 3.63) is 62.6 Å². The molecule has 0 aliphatic carbocycles. The van der Waals surface area contributed by atoms with Crippen LogP contribution in [0.1, 0.15) is 58.2 Å². The maximum absolute atomic E-state index is 12.6. The number of carbonyl (C=O) groups is 1. The molecule has 2 rings (SSSR count). The highest BCUT2D eigenvalue weighted by Crippen LogP contribution is 2.40. The summed E-state index contributed by atoms with van der Waals surface area (Å²) < 4.78 is 0. The Hall–Kier alpha value is -2.48. The molecule has 0 aliphatic heterocycles. The molecule has 0 saturated carbocycles. The second-order valence-electron chi connectivity index (χ2n) is 9.22. The van der Waals surface area contributed by atoms with E-state index in [2.05, 4.69) is 5.32 Å². The Kier molecular flexibility index (Phi) is 6.91. The van der Waals surface area contributed by atoms with Gasteiger partial charge in [-0.15, -0.1) is 0 Å². The maximum atomic E-state index is 12.6. The van der Waals surface area contributed by atoms with Gasteiger partial charge in [-0.05, 0) is 52.8 Å². The highest BCUT2D eigenvalue weighted by atomic mass is 35.5. The molecule has 0 spiro atoms. The standard InChI is InChI=1S/C24H26Cl2N2O2/c1-23(2,3)17-10-14(11-18(21(17)29)24(4,5)6)9-15(13-27)22(30)28-16-7-8-19(25)20(26)12-16/h7-12,29H,1-6H3,(H,28,30)/b15-9-. The molecule has 6 heteroatoms. The molecule has 0 heterocycles. The third-order valence-electron chi connectivity index (χ3n) is 4.60. The lowest BCUT2D eigenvalue weighted by Crippen LogP contribution is -2.18. The first-order valence-electron chi connectivity index (χ1n) is 9.50. The summed E-state index contributed by atoms with van der Waals surface area (Å²) in [5.74, 6) is -0.315. The van der Waals surface area contributed by atoms with Crippen molar-refractivity contribution in [3.63, 3.8) is 0 Å². The molecule has 2 aromatic carbocycles. The van der Waals surface area contributed by atoms with Crippen LogP contribution in [0.3, 0.4) is 0 Å². The van der Waals surface area contributed by atoms with E-state index in [1.807, 2.05) is 59.7 Å². The second kappa shape index (κ2) is 8.71. The molecule has 1 amide bonds. The number of nitrogens with zero attached hydrogens (tertiary/aromatic N) is 1. The van der Waals surface area contributed by atoms with Gasteiger partial charge in [0.2, 0.25) is 0 Å². The second-order valence-corrected chi connectivity index (χ2v) is 10.0. The third kappa shape index (κ3) is 5.56. The molecule has 2 N–H and O–H groups in total.